The van der Waals surface area contributed by atoms with E-state index in [1.165, 1.54) is 24.4 Å². The largest absolute Gasteiger partial charge is 0.507 e. The first kappa shape index (κ1) is 18.3. The summed E-state index contributed by atoms with van der Waals surface area (Å²) < 4.78 is 5.30. The number of ether oxygens (including phenoxy) is 1. The Hall–Kier alpha value is -2.74. The first-order valence-electron chi connectivity index (χ1n) is 6.34. The molecule has 0 fully saturated rings. The quantitative estimate of drug-likeness (QED) is 0.478. The monoisotopic (exact) mass is 342 g/mol. The topological polar surface area (TPSA) is 111 Å². The fourth-order valence-electron chi connectivity index (χ4n) is 1.77. The lowest BCUT2D eigenvalue weighted by molar-refractivity contribution is -0.755. The molecular formula is C14H15ClN2O6. The van der Waals surface area contributed by atoms with Crippen LogP contribution >= 0.6 is 12.4 Å². The number of carbonyl (C=O) groups is 1. The fourth-order valence-corrected chi connectivity index (χ4v) is 1.77. The second kappa shape index (κ2) is 7.50. The molecule has 1 aromatic carbocycles. The number of nitrogens with one attached hydrogen (secondary N) is 1. The zero-order valence-electron chi connectivity index (χ0n) is 12.1. The highest BCUT2D eigenvalue weighted by molar-refractivity contribution is 5.92. The number of hydrogen-bond acceptors (Lipinski definition) is 7. The number of esters is 1. The number of para-hydroxylation sites is 1. The van der Waals surface area contributed by atoms with E-state index in [-0.39, 0.29) is 30.3 Å². The number of nitrogens with zero attached hydrogens (tertiary/aromatic N) is 1. The molecule has 1 aromatic rings. The van der Waals surface area contributed by atoms with Crippen LogP contribution in [-0.4, -0.2) is 28.5 Å². The van der Waals surface area contributed by atoms with Crippen LogP contribution in [0.15, 0.2) is 48.2 Å². The van der Waals surface area contributed by atoms with Crippen LogP contribution in [0.4, 0.5) is 0 Å². The number of aromatic hydroxyl groups is 1. The third-order valence-corrected chi connectivity index (χ3v) is 2.92. The van der Waals surface area contributed by atoms with E-state index in [2.05, 4.69) is 10.2 Å². The van der Waals surface area contributed by atoms with Crippen molar-refractivity contribution in [3.05, 3.63) is 63.9 Å². The van der Waals surface area contributed by atoms with Gasteiger partial charge in [-0.1, -0.05) is 18.2 Å². The smallest absolute Gasteiger partial charge is 0.344 e. The zero-order chi connectivity index (χ0) is 16.2. The molecule has 124 valence electrons. The Bertz CT molecular complexity index is 660. The highest BCUT2D eigenvalue weighted by Gasteiger charge is 2.28. The molecule has 2 rings (SSSR count). The highest BCUT2D eigenvalue weighted by Crippen LogP contribution is 2.22. The van der Waals surface area contributed by atoms with Crippen LogP contribution in [-0.2, 0) is 9.57 Å². The predicted molar refractivity (Wildman–Crippen MR) is 82.5 cm³/mol. The molecule has 9 heteroatoms. The van der Waals surface area contributed by atoms with Gasteiger partial charge in [0.2, 0.25) is 5.72 Å². The average Bonchev–Trinajstić information content (AvgIpc) is 2.46. The molecule has 0 radical (unpaired) electrons. The van der Waals surface area contributed by atoms with Crippen LogP contribution in [0.2, 0.25) is 0 Å². The van der Waals surface area contributed by atoms with Crippen molar-refractivity contribution in [2.24, 2.45) is 0 Å². The van der Waals surface area contributed by atoms with Gasteiger partial charge < -0.3 is 20.0 Å². The number of dihydropyridines is 1. The normalized spacial score (nSPS) is 18.9. The maximum Gasteiger partial charge on any atom is 0.344 e. The molecule has 0 aromatic heterocycles. The van der Waals surface area contributed by atoms with E-state index < -0.39 is 16.8 Å². The van der Waals surface area contributed by atoms with Gasteiger partial charge in [-0.2, -0.15) is 0 Å². The van der Waals surface area contributed by atoms with Gasteiger partial charge in [0.1, 0.15) is 17.9 Å². The Labute approximate surface area is 137 Å². The number of phenolic OH excluding ortho intramolecular Hbond substituents is 1. The SMILES string of the molecule is CC1(OC(=O)c2ccccc2O)C=CC(CO[N+](=O)[O-])=CN1.Cl. The number of benzene rings is 1. The van der Waals surface area contributed by atoms with Crippen molar-refractivity contribution < 1.29 is 24.6 Å². The van der Waals surface area contributed by atoms with Crippen LogP contribution in [0.5, 0.6) is 5.75 Å². The van der Waals surface area contributed by atoms with Crippen LogP contribution in [0, 0.1) is 10.1 Å². The van der Waals surface area contributed by atoms with E-state index in [0.29, 0.717) is 5.57 Å². The lowest BCUT2D eigenvalue weighted by Gasteiger charge is -2.29. The van der Waals surface area contributed by atoms with Crippen molar-refractivity contribution in [3.63, 3.8) is 0 Å². The van der Waals surface area contributed by atoms with Crippen molar-refractivity contribution in [2.45, 2.75) is 12.6 Å². The van der Waals surface area contributed by atoms with E-state index in [0.717, 1.165) is 0 Å². The molecule has 0 saturated carbocycles. The summed E-state index contributed by atoms with van der Waals surface area (Å²) in [7, 11) is 0. The Kier molecular flexibility index (Phi) is 5.97. The van der Waals surface area contributed by atoms with Crippen molar-refractivity contribution >= 4 is 18.4 Å². The third-order valence-electron chi connectivity index (χ3n) is 2.92. The van der Waals surface area contributed by atoms with Gasteiger partial charge in [0.05, 0.1) is 0 Å². The molecular weight excluding hydrogens is 328 g/mol. The summed E-state index contributed by atoms with van der Waals surface area (Å²) >= 11 is 0. The Morgan fingerprint density at radius 2 is 2.13 bits per heavy atom. The first-order valence-corrected chi connectivity index (χ1v) is 6.34. The summed E-state index contributed by atoms with van der Waals surface area (Å²) in [5, 5.41) is 21.7. The van der Waals surface area contributed by atoms with Crippen LogP contribution in [0.25, 0.3) is 0 Å². The number of halogens is 1. The maximum absolute atomic E-state index is 12.0. The van der Waals surface area contributed by atoms with Gasteiger partial charge in [-0.05, 0) is 30.7 Å². The number of hydrogen-bond donors (Lipinski definition) is 2. The summed E-state index contributed by atoms with van der Waals surface area (Å²) in [5.41, 5.74) is -0.560. The summed E-state index contributed by atoms with van der Waals surface area (Å²) in [4.78, 5) is 26.4. The minimum absolute atomic E-state index is 0. The number of phenols is 1. The summed E-state index contributed by atoms with van der Waals surface area (Å²) in [5.74, 6) is -0.873. The molecule has 0 saturated heterocycles. The Balaban J connectivity index is 0.00000264. The third kappa shape index (κ3) is 4.89. The van der Waals surface area contributed by atoms with Crippen molar-refractivity contribution in [3.8, 4) is 5.75 Å². The number of carbonyl (C=O) groups excluding carboxylic acids is 1. The average molecular weight is 343 g/mol. The summed E-state index contributed by atoms with van der Waals surface area (Å²) in [6.45, 7) is 1.39. The van der Waals surface area contributed by atoms with E-state index in [4.69, 9.17) is 4.74 Å². The molecule has 1 aliphatic rings. The molecule has 1 atom stereocenters. The second-order valence-electron chi connectivity index (χ2n) is 4.71. The lowest BCUT2D eigenvalue weighted by atomic mass is 10.1. The molecule has 8 nitrogen and oxygen atoms in total. The van der Waals surface area contributed by atoms with Crippen molar-refractivity contribution in [1.29, 1.82) is 0 Å². The van der Waals surface area contributed by atoms with Gasteiger partial charge >= 0.3 is 5.97 Å². The van der Waals surface area contributed by atoms with Crippen LogP contribution < -0.4 is 5.32 Å². The fraction of sp³-hybridized carbons (Fsp3) is 0.214. The summed E-state index contributed by atoms with van der Waals surface area (Å²) in [6, 6.07) is 6.03. The maximum atomic E-state index is 12.0. The molecule has 2 N–H and O–H groups in total. The molecule has 0 amide bonds. The molecule has 0 aliphatic carbocycles. The van der Waals surface area contributed by atoms with E-state index in [1.807, 2.05) is 0 Å². The van der Waals surface area contributed by atoms with Crippen molar-refractivity contribution in [2.75, 3.05) is 6.61 Å². The second-order valence-corrected chi connectivity index (χ2v) is 4.71. The Morgan fingerprint density at radius 3 is 2.70 bits per heavy atom. The molecule has 0 spiro atoms. The van der Waals surface area contributed by atoms with Crippen molar-refractivity contribution in [1.82, 2.24) is 5.32 Å². The van der Waals surface area contributed by atoms with E-state index in [1.54, 1.807) is 25.1 Å². The minimum atomic E-state index is -1.13. The molecule has 1 aliphatic heterocycles. The first-order chi connectivity index (χ1) is 10.4. The molecule has 23 heavy (non-hydrogen) atoms. The molecule has 1 heterocycles. The molecule has 1 unspecified atom stereocenters. The lowest BCUT2D eigenvalue weighted by Crippen LogP contribution is -2.43. The van der Waals surface area contributed by atoms with E-state index >= 15 is 0 Å². The van der Waals surface area contributed by atoms with Gasteiger partial charge in [-0.15, -0.1) is 22.5 Å². The standard InChI is InChI=1S/C14H14N2O6.ClH/c1-14(7-6-10(8-15-14)9-21-16(19)20)22-13(18)11-4-2-3-5-12(11)17;/h2-8,15,17H,9H2,1H3;1H. The Morgan fingerprint density at radius 1 is 1.43 bits per heavy atom. The van der Waals surface area contributed by atoms with Crippen LogP contribution in [0.3, 0.4) is 0 Å². The van der Waals surface area contributed by atoms with Gasteiger partial charge in [0.15, 0.2) is 0 Å². The van der Waals surface area contributed by atoms with Gasteiger partial charge in [-0.25, -0.2) is 4.79 Å². The highest BCUT2D eigenvalue weighted by atomic mass is 35.5. The number of rotatable bonds is 5. The summed E-state index contributed by atoms with van der Waals surface area (Å²) in [6.07, 6.45) is 4.54. The predicted octanol–water partition coefficient (Wildman–Crippen LogP) is 1.94. The van der Waals surface area contributed by atoms with E-state index in [9.17, 15) is 20.0 Å². The van der Waals surface area contributed by atoms with Gasteiger partial charge in [0.25, 0.3) is 5.09 Å². The van der Waals surface area contributed by atoms with Crippen LogP contribution in [0.1, 0.15) is 17.3 Å². The molecule has 0 bridgehead atoms. The van der Waals surface area contributed by atoms with Gasteiger partial charge in [-0.3, -0.25) is 0 Å². The zero-order valence-corrected chi connectivity index (χ0v) is 12.9. The minimum Gasteiger partial charge on any atom is -0.507 e. The van der Waals surface area contributed by atoms with Gasteiger partial charge in [0, 0.05) is 6.20 Å².